The Kier molecular flexibility index (Phi) is 5.53. The van der Waals surface area contributed by atoms with Crippen molar-refractivity contribution in [3.05, 3.63) is 78.1 Å². The van der Waals surface area contributed by atoms with Crippen LogP contribution in [0, 0.1) is 5.92 Å². The summed E-state index contributed by atoms with van der Waals surface area (Å²) in [5.74, 6) is 0.645. The number of aromatic nitrogens is 2. The van der Waals surface area contributed by atoms with Crippen molar-refractivity contribution >= 4 is 11.6 Å². The fraction of sp³-hybridized carbons (Fsp3) is 0.304. The standard InChI is InChI=1S/C23H26N4O/c1-18-11-14-26(15-12-18)17-19-7-9-20(10-8-19)24-23(28)22-13-16-27(25-22)21-5-3-2-4-6-21/h2-10,13,16,18H,11-12,14-15,17H2,1H3,(H,24,28). The molecule has 1 aliphatic rings. The van der Waals surface area contributed by atoms with Crippen LogP contribution in [0.25, 0.3) is 5.69 Å². The summed E-state index contributed by atoms with van der Waals surface area (Å²) < 4.78 is 1.71. The van der Waals surface area contributed by atoms with Gasteiger partial charge in [-0.05, 0) is 67.7 Å². The maximum atomic E-state index is 12.5. The van der Waals surface area contributed by atoms with Gasteiger partial charge >= 0.3 is 0 Å². The zero-order chi connectivity index (χ0) is 19.3. The van der Waals surface area contributed by atoms with Crippen molar-refractivity contribution in [2.24, 2.45) is 5.92 Å². The average Bonchev–Trinajstić information content (AvgIpc) is 3.22. The van der Waals surface area contributed by atoms with E-state index in [1.54, 1.807) is 16.9 Å². The Bertz CT molecular complexity index is 909. The summed E-state index contributed by atoms with van der Waals surface area (Å²) in [5, 5.41) is 7.31. The van der Waals surface area contributed by atoms with E-state index in [9.17, 15) is 4.79 Å². The van der Waals surface area contributed by atoms with Crippen LogP contribution in [0.3, 0.4) is 0 Å². The minimum Gasteiger partial charge on any atom is -0.321 e. The second kappa shape index (κ2) is 8.40. The Morgan fingerprint density at radius 1 is 1.04 bits per heavy atom. The number of hydrogen-bond donors (Lipinski definition) is 1. The highest BCUT2D eigenvalue weighted by molar-refractivity contribution is 6.02. The third-order valence-corrected chi connectivity index (χ3v) is 5.34. The van der Waals surface area contributed by atoms with Crippen LogP contribution < -0.4 is 5.32 Å². The predicted octanol–water partition coefficient (Wildman–Crippen LogP) is 4.36. The number of carbonyl (C=O) groups excluding carboxylic acids is 1. The second-order valence-electron chi connectivity index (χ2n) is 7.59. The molecule has 0 spiro atoms. The summed E-state index contributed by atoms with van der Waals surface area (Å²) >= 11 is 0. The van der Waals surface area contributed by atoms with Crippen LogP contribution in [-0.4, -0.2) is 33.7 Å². The van der Waals surface area contributed by atoms with E-state index in [2.05, 4.69) is 34.4 Å². The van der Waals surface area contributed by atoms with Crippen molar-refractivity contribution in [3.63, 3.8) is 0 Å². The number of rotatable bonds is 5. The third kappa shape index (κ3) is 4.49. The van der Waals surface area contributed by atoms with Crippen LogP contribution >= 0.6 is 0 Å². The second-order valence-corrected chi connectivity index (χ2v) is 7.59. The minimum absolute atomic E-state index is 0.201. The van der Waals surface area contributed by atoms with Crippen molar-refractivity contribution in [3.8, 4) is 5.69 Å². The predicted molar refractivity (Wildman–Crippen MR) is 112 cm³/mol. The molecule has 0 unspecified atom stereocenters. The van der Waals surface area contributed by atoms with E-state index < -0.39 is 0 Å². The molecule has 0 radical (unpaired) electrons. The molecule has 0 atom stereocenters. The van der Waals surface area contributed by atoms with E-state index in [1.807, 2.05) is 42.5 Å². The van der Waals surface area contributed by atoms with Gasteiger partial charge in [-0.15, -0.1) is 0 Å². The van der Waals surface area contributed by atoms with Crippen LogP contribution in [-0.2, 0) is 6.54 Å². The number of carbonyl (C=O) groups is 1. The Hall–Kier alpha value is -2.92. The number of benzene rings is 2. The van der Waals surface area contributed by atoms with Crippen molar-refractivity contribution in [1.82, 2.24) is 14.7 Å². The van der Waals surface area contributed by atoms with E-state index in [-0.39, 0.29) is 5.91 Å². The molecule has 0 aliphatic carbocycles. The van der Waals surface area contributed by atoms with Crippen molar-refractivity contribution in [1.29, 1.82) is 0 Å². The summed E-state index contributed by atoms with van der Waals surface area (Å²) in [6, 6.07) is 19.6. The molecule has 4 rings (SSSR count). The van der Waals surface area contributed by atoms with Gasteiger partial charge in [0.25, 0.3) is 5.91 Å². The fourth-order valence-corrected chi connectivity index (χ4v) is 3.54. The molecule has 0 saturated carbocycles. The molecule has 1 aliphatic heterocycles. The van der Waals surface area contributed by atoms with Gasteiger partial charge in [-0.25, -0.2) is 4.68 Å². The lowest BCUT2D eigenvalue weighted by molar-refractivity contribution is 0.102. The normalized spacial score (nSPS) is 15.5. The Morgan fingerprint density at radius 2 is 1.75 bits per heavy atom. The number of nitrogens with zero attached hydrogens (tertiary/aromatic N) is 3. The summed E-state index contributed by atoms with van der Waals surface area (Å²) in [4.78, 5) is 15.0. The molecule has 1 saturated heterocycles. The Labute approximate surface area is 166 Å². The summed E-state index contributed by atoms with van der Waals surface area (Å²) in [6.45, 7) is 5.65. The van der Waals surface area contributed by atoms with Crippen LogP contribution in [0.15, 0.2) is 66.9 Å². The summed E-state index contributed by atoms with van der Waals surface area (Å²) in [7, 11) is 0. The van der Waals surface area contributed by atoms with Gasteiger partial charge in [0.2, 0.25) is 0 Å². The van der Waals surface area contributed by atoms with Gasteiger partial charge in [0.15, 0.2) is 5.69 Å². The first-order valence-corrected chi connectivity index (χ1v) is 9.91. The maximum Gasteiger partial charge on any atom is 0.276 e. The number of hydrogen-bond acceptors (Lipinski definition) is 3. The van der Waals surface area contributed by atoms with Crippen LogP contribution in [0.1, 0.15) is 35.8 Å². The summed E-state index contributed by atoms with van der Waals surface area (Å²) in [6.07, 6.45) is 4.36. The molecule has 5 heteroatoms. The highest BCUT2D eigenvalue weighted by Crippen LogP contribution is 2.19. The lowest BCUT2D eigenvalue weighted by atomic mass is 9.99. The maximum absolute atomic E-state index is 12.5. The zero-order valence-corrected chi connectivity index (χ0v) is 16.2. The topological polar surface area (TPSA) is 50.2 Å². The molecule has 2 aromatic carbocycles. The molecular formula is C23H26N4O. The molecule has 144 valence electrons. The third-order valence-electron chi connectivity index (χ3n) is 5.34. The monoisotopic (exact) mass is 374 g/mol. The van der Waals surface area contributed by atoms with Crippen molar-refractivity contribution < 1.29 is 4.79 Å². The van der Waals surface area contributed by atoms with Crippen LogP contribution in [0.5, 0.6) is 0 Å². The van der Waals surface area contributed by atoms with Gasteiger partial charge in [0.1, 0.15) is 0 Å². The van der Waals surface area contributed by atoms with Gasteiger partial charge in [0, 0.05) is 18.4 Å². The van der Waals surface area contributed by atoms with Crippen molar-refractivity contribution in [2.45, 2.75) is 26.3 Å². The van der Waals surface area contributed by atoms with Crippen LogP contribution in [0.2, 0.25) is 0 Å². The van der Waals surface area contributed by atoms with Crippen LogP contribution in [0.4, 0.5) is 5.69 Å². The highest BCUT2D eigenvalue weighted by Gasteiger charge is 2.16. The minimum atomic E-state index is -0.201. The van der Waals surface area contributed by atoms with E-state index in [0.29, 0.717) is 5.69 Å². The lowest BCUT2D eigenvalue weighted by Crippen LogP contribution is -2.32. The number of nitrogens with one attached hydrogen (secondary N) is 1. The SMILES string of the molecule is CC1CCN(Cc2ccc(NC(=O)c3ccn(-c4ccccc4)n3)cc2)CC1. The number of anilines is 1. The molecule has 3 aromatic rings. The van der Waals surface area contributed by atoms with Gasteiger partial charge in [-0.1, -0.05) is 37.3 Å². The quantitative estimate of drug-likeness (QED) is 0.722. The van der Waals surface area contributed by atoms with Gasteiger partial charge in [-0.2, -0.15) is 5.10 Å². The molecule has 28 heavy (non-hydrogen) atoms. The first kappa shape index (κ1) is 18.4. The Balaban J connectivity index is 1.35. The smallest absolute Gasteiger partial charge is 0.276 e. The van der Waals surface area contributed by atoms with Gasteiger partial charge < -0.3 is 5.32 Å². The first-order valence-electron chi connectivity index (χ1n) is 9.91. The highest BCUT2D eigenvalue weighted by atomic mass is 16.1. The van der Waals surface area contributed by atoms with E-state index in [0.717, 1.165) is 23.8 Å². The number of piperidine rings is 1. The number of amides is 1. The molecule has 1 fully saturated rings. The molecule has 0 bridgehead atoms. The van der Waals surface area contributed by atoms with Crippen molar-refractivity contribution in [2.75, 3.05) is 18.4 Å². The zero-order valence-electron chi connectivity index (χ0n) is 16.2. The molecular weight excluding hydrogens is 348 g/mol. The lowest BCUT2D eigenvalue weighted by Gasteiger charge is -2.30. The van der Waals surface area contributed by atoms with E-state index >= 15 is 0 Å². The largest absolute Gasteiger partial charge is 0.321 e. The first-order chi connectivity index (χ1) is 13.7. The van der Waals surface area contributed by atoms with E-state index in [4.69, 9.17) is 0 Å². The fourth-order valence-electron chi connectivity index (χ4n) is 3.54. The average molecular weight is 374 g/mol. The Morgan fingerprint density at radius 3 is 2.46 bits per heavy atom. The van der Waals surface area contributed by atoms with E-state index in [1.165, 1.54) is 31.5 Å². The number of para-hydroxylation sites is 1. The number of likely N-dealkylation sites (tertiary alicyclic amines) is 1. The molecule has 1 aromatic heterocycles. The van der Waals surface area contributed by atoms with Gasteiger partial charge in [-0.3, -0.25) is 9.69 Å². The molecule has 1 amide bonds. The molecule has 1 N–H and O–H groups in total. The summed E-state index contributed by atoms with van der Waals surface area (Å²) in [5.41, 5.74) is 3.39. The molecule has 5 nitrogen and oxygen atoms in total. The molecule has 2 heterocycles. The van der Waals surface area contributed by atoms with Gasteiger partial charge in [0.05, 0.1) is 5.69 Å².